The molecule has 0 aromatic carbocycles. The number of hydrogen-bond acceptors (Lipinski definition) is 3. The van der Waals surface area contributed by atoms with Gasteiger partial charge in [-0.15, -0.1) is 0 Å². The van der Waals surface area contributed by atoms with E-state index in [-0.39, 0.29) is 5.91 Å². The van der Waals surface area contributed by atoms with E-state index in [9.17, 15) is 4.79 Å². The summed E-state index contributed by atoms with van der Waals surface area (Å²) in [4.78, 5) is 13.9. The summed E-state index contributed by atoms with van der Waals surface area (Å²) in [7, 11) is 0. The highest BCUT2D eigenvalue weighted by molar-refractivity contribution is 5.76. The van der Waals surface area contributed by atoms with Crippen LogP contribution in [0, 0.1) is 5.92 Å². The van der Waals surface area contributed by atoms with Crippen molar-refractivity contribution in [2.75, 3.05) is 19.6 Å². The number of rotatable bonds is 4. The van der Waals surface area contributed by atoms with Crippen molar-refractivity contribution < 1.29 is 9.53 Å². The molecule has 2 aliphatic heterocycles. The molecule has 1 amide bonds. The van der Waals surface area contributed by atoms with E-state index in [2.05, 4.69) is 6.92 Å². The van der Waals surface area contributed by atoms with Gasteiger partial charge in [0.25, 0.3) is 0 Å². The fourth-order valence-corrected chi connectivity index (χ4v) is 2.79. The second kappa shape index (κ2) is 5.83. The van der Waals surface area contributed by atoms with E-state index >= 15 is 0 Å². The first-order valence-electron chi connectivity index (χ1n) is 6.82. The largest absolute Gasteiger partial charge is 0.375 e. The summed E-state index contributed by atoms with van der Waals surface area (Å²) in [6, 6.07) is 0. The minimum atomic E-state index is 0.282. The highest BCUT2D eigenvalue weighted by atomic mass is 16.5. The molecule has 2 saturated heterocycles. The van der Waals surface area contributed by atoms with Gasteiger partial charge >= 0.3 is 0 Å². The average Bonchev–Trinajstić information content (AvgIpc) is 2.94. The standard InChI is InChI=1S/C13H24N2O2/c1-10-2-3-12(17-10)4-5-13(16)15-7-6-11(8-14)9-15/h10-12H,2-9,14H2,1H3. The summed E-state index contributed by atoms with van der Waals surface area (Å²) in [5.41, 5.74) is 5.63. The van der Waals surface area contributed by atoms with Gasteiger partial charge in [-0.25, -0.2) is 0 Å². The van der Waals surface area contributed by atoms with Gasteiger partial charge in [0.1, 0.15) is 0 Å². The van der Waals surface area contributed by atoms with Gasteiger partial charge in [0.05, 0.1) is 12.2 Å². The Morgan fingerprint density at radius 3 is 2.82 bits per heavy atom. The lowest BCUT2D eigenvalue weighted by Crippen LogP contribution is -2.30. The third-order valence-corrected chi connectivity index (χ3v) is 3.97. The molecular weight excluding hydrogens is 216 g/mol. The molecule has 4 heteroatoms. The highest BCUT2D eigenvalue weighted by Gasteiger charge is 2.27. The van der Waals surface area contributed by atoms with Gasteiger partial charge in [0.15, 0.2) is 0 Å². The highest BCUT2D eigenvalue weighted by Crippen LogP contribution is 2.23. The zero-order valence-electron chi connectivity index (χ0n) is 10.7. The van der Waals surface area contributed by atoms with Gasteiger partial charge in [0, 0.05) is 19.5 Å². The number of hydrogen-bond donors (Lipinski definition) is 1. The average molecular weight is 240 g/mol. The van der Waals surface area contributed by atoms with Gasteiger partial charge in [-0.2, -0.15) is 0 Å². The Labute approximate surface area is 103 Å². The number of amides is 1. The first kappa shape index (κ1) is 12.8. The minimum absolute atomic E-state index is 0.282. The van der Waals surface area contributed by atoms with Gasteiger partial charge < -0.3 is 15.4 Å². The van der Waals surface area contributed by atoms with Crippen molar-refractivity contribution in [2.24, 2.45) is 11.7 Å². The number of nitrogens with zero attached hydrogens (tertiary/aromatic N) is 1. The van der Waals surface area contributed by atoms with Gasteiger partial charge in [-0.05, 0) is 45.1 Å². The maximum absolute atomic E-state index is 12.0. The zero-order chi connectivity index (χ0) is 12.3. The summed E-state index contributed by atoms with van der Waals surface area (Å²) in [5.74, 6) is 0.797. The SMILES string of the molecule is CC1CCC(CCC(=O)N2CCC(CN)C2)O1. The first-order chi connectivity index (χ1) is 8.19. The molecule has 2 N–H and O–H groups in total. The molecule has 0 aliphatic carbocycles. The molecule has 0 bridgehead atoms. The summed E-state index contributed by atoms with van der Waals surface area (Å²) >= 11 is 0. The number of carbonyl (C=O) groups is 1. The lowest BCUT2D eigenvalue weighted by Gasteiger charge is -2.17. The second-order valence-electron chi connectivity index (χ2n) is 5.41. The first-order valence-corrected chi connectivity index (χ1v) is 6.82. The second-order valence-corrected chi connectivity index (χ2v) is 5.41. The van der Waals surface area contributed by atoms with Crippen molar-refractivity contribution in [3.8, 4) is 0 Å². The molecule has 3 atom stereocenters. The van der Waals surface area contributed by atoms with Crippen LogP contribution in [0.3, 0.4) is 0 Å². The van der Waals surface area contributed by atoms with E-state index in [1.807, 2.05) is 4.90 Å². The minimum Gasteiger partial charge on any atom is -0.375 e. The van der Waals surface area contributed by atoms with Crippen molar-refractivity contribution in [1.29, 1.82) is 0 Å². The monoisotopic (exact) mass is 240 g/mol. The van der Waals surface area contributed by atoms with E-state index in [4.69, 9.17) is 10.5 Å². The van der Waals surface area contributed by atoms with E-state index in [0.29, 0.717) is 31.1 Å². The van der Waals surface area contributed by atoms with E-state index < -0.39 is 0 Å². The Balaban J connectivity index is 1.67. The van der Waals surface area contributed by atoms with Crippen molar-refractivity contribution in [3.05, 3.63) is 0 Å². The molecule has 2 aliphatic rings. The molecule has 0 radical (unpaired) electrons. The quantitative estimate of drug-likeness (QED) is 0.801. The van der Waals surface area contributed by atoms with Gasteiger partial charge in [0.2, 0.25) is 5.91 Å². The van der Waals surface area contributed by atoms with Crippen LogP contribution >= 0.6 is 0 Å². The van der Waals surface area contributed by atoms with Crippen LogP contribution in [-0.2, 0) is 9.53 Å². The Morgan fingerprint density at radius 2 is 2.24 bits per heavy atom. The Bertz CT molecular complexity index is 270. The summed E-state index contributed by atoms with van der Waals surface area (Å²) in [6.07, 6.45) is 5.52. The van der Waals surface area contributed by atoms with Crippen LogP contribution in [0.4, 0.5) is 0 Å². The zero-order valence-corrected chi connectivity index (χ0v) is 10.7. The molecule has 4 nitrogen and oxygen atoms in total. The molecule has 3 unspecified atom stereocenters. The van der Waals surface area contributed by atoms with Crippen LogP contribution in [0.25, 0.3) is 0 Å². The maximum Gasteiger partial charge on any atom is 0.222 e. The van der Waals surface area contributed by atoms with Crippen LogP contribution in [0.15, 0.2) is 0 Å². The van der Waals surface area contributed by atoms with Crippen LogP contribution in [0.2, 0.25) is 0 Å². The van der Waals surface area contributed by atoms with Crippen molar-refractivity contribution >= 4 is 5.91 Å². The van der Waals surface area contributed by atoms with E-state index in [0.717, 1.165) is 38.8 Å². The lowest BCUT2D eigenvalue weighted by molar-refractivity contribution is -0.131. The summed E-state index contributed by atoms with van der Waals surface area (Å²) in [6.45, 7) is 4.56. The Hall–Kier alpha value is -0.610. The van der Waals surface area contributed by atoms with Crippen LogP contribution in [-0.4, -0.2) is 42.6 Å². The third kappa shape index (κ3) is 3.42. The van der Waals surface area contributed by atoms with Crippen molar-refractivity contribution in [1.82, 2.24) is 4.90 Å². The molecule has 2 rings (SSSR count). The molecule has 0 aromatic heterocycles. The number of likely N-dealkylation sites (tertiary alicyclic amines) is 1. The molecule has 98 valence electrons. The summed E-state index contributed by atoms with van der Waals surface area (Å²) in [5, 5.41) is 0. The van der Waals surface area contributed by atoms with Crippen LogP contribution in [0.5, 0.6) is 0 Å². The Kier molecular flexibility index (Phi) is 4.40. The summed E-state index contributed by atoms with van der Waals surface area (Å²) < 4.78 is 5.73. The molecule has 2 fully saturated rings. The Morgan fingerprint density at radius 1 is 1.41 bits per heavy atom. The molecule has 0 spiro atoms. The molecule has 0 saturated carbocycles. The number of carbonyl (C=O) groups excluding carboxylic acids is 1. The topological polar surface area (TPSA) is 55.6 Å². The van der Waals surface area contributed by atoms with E-state index in [1.54, 1.807) is 0 Å². The van der Waals surface area contributed by atoms with Crippen molar-refractivity contribution in [2.45, 2.75) is 51.2 Å². The number of nitrogens with two attached hydrogens (primary N) is 1. The van der Waals surface area contributed by atoms with Crippen LogP contribution in [0.1, 0.15) is 39.0 Å². The smallest absolute Gasteiger partial charge is 0.222 e. The van der Waals surface area contributed by atoms with E-state index in [1.165, 1.54) is 0 Å². The lowest BCUT2D eigenvalue weighted by atomic mass is 10.1. The fourth-order valence-electron chi connectivity index (χ4n) is 2.79. The van der Waals surface area contributed by atoms with Gasteiger partial charge in [-0.3, -0.25) is 4.79 Å². The normalized spacial score (nSPS) is 33.3. The molecular formula is C13H24N2O2. The molecule has 17 heavy (non-hydrogen) atoms. The molecule has 2 heterocycles. The predicted octanol–water partition coefficient (Wildman–Crippen LogP) is 1.14. The maximum atomic E-state index is 12.0. The van der Waals surface area contributed by atoms with Gasteiger partial charge in [-0.1, -0.05) is 0 Å². The molecule has 0 aromatic rings. The van der Waals surface area contributed by atoms with Crippen molar-refractivity contribution in [3.63, 3.8) is 0 Å². The number of ether oxygens (including phenoxy) is 1. The third-order valence-electron chi connectivity index (χ3n) is 3.97. The predicted molar refractivity (Wildman–Crippen MR) is 66.5 cm³/mol. The van der Waals surface area contributed by atoms with Crippen LogP contribution < -0.4 is 5.73 Å². The fraction of sp³-hybridized carbons (Fsp3) is 0.923.